The van der Waals surface area contributed by atoms with Gasteiger partial charge in [-0.2, -0.15) is 0 Å². The van der Waals surface area contributed by atoms with E-state index in [1.165, 1.54) is 14.0 Å². The number of benzene rings is 3. The van der Waals surface area contributed by atoms with Crippen molar-refractivity contribution in [1.82, 2.24) is 5.32 Å². The molecule has 0 spiro atoms. The van der Waals surface area contributed by atoms with Crippen molar-refractivity contribution < 1.29 is 23.9 Å². The number of ether oxygens (including phenoxy) is 2. The molecule has 0 bridgehead atoms. The standard InChI is InChI=1S/C26H26N2O5/c1-18(29)27-22-10-6-9-21(16-22)25(30)28-24(26(31)32-2)15-19-11-13-23(14-12-19)33-17-20-7-4-3-5-8-20/h3-14,16,24H,15,17H2,1-2H3,(H,27,29)(H,28,30)/t24-/m0/s1. The van der Waals surface area contributed by atoms with Crippen LogP contribution in [-0.2, 0) is 27.4 Å². The van der Waals surface area contributed by atoms with Crippen LogP contribution in [0.1, 0.15) is 28.4 Å². The Kier molecular flexibility index (Phi) is 8.18. The van der Waals surface area contributed by atoms with E-state index in [0.29, 0.717) is 23.6 Å². The van der Waals surface area contributed by atoms with Crippen LogP contribution >= 0.6 is 0 Å². The fourth-order valence-electron chi connectivity index (χ4n) is 3.22. The Balaban J connectivity index is 1.64. The van der Waals surface area contributed by atoms with Crippen molar-refractivity contribution in [3.63, 3.8) is 0 Å². The summed E-state index contributed by atoms with van der Waals surface area (Å²) in [6.07, 6.45) is 0.253. The van der Waals surface area contributed by atoms with Crippen LogP contribution in [0.25, 0.3) is 0 Å². The van der Waals surface area contributed by atoms with Crippen molar-refractivity contribution in [2.24, 2.45) is 0 Å². The lowest BCUT2D eigenvalue weighted by Gasteiger charge is -2.17. The summed E-state index contributed by atoms with van der Waals surface area (Å²) < 4.78 is 10.7. The number of amides is 2. The number of nitrogens with one attached hydrogen (secondary N) is 2. The molecular formula is C26H26N2O5. The van der Waals surface area contributed by atoms with Crippen LogP contribution in [-0.4, -0.2) is 30.9 Å². The molecule has 0 saturated carbocycles. The van der Waals surface area contributed by atoms with E-state index in [0.717, 1.165) is 11.1 Å². The molecule has 0 aromatic heterocycles. The van der Waals surface area contributed by atoms with Crippen LogP contribution in [0.3, 0.4) is 0 Å². The first kappa shape index (κ1) is 23.5. The van der Waals surface area contributed by atoms with Crippen molar-refractivity contribution in [3.05, 3.63) is 95.6 Å². The summed E-state index contributed by atoms with van der Waals surface area (Å²) in [6, 6.07) is 22.8. The summed E-state index contributed by atoms with van der Waals surface area (Å²) in [5.41, 5.74) is 2.72. The molecule has 2 amide bonds. The molecule has 0 radical (unpaired) electrons. The first-order chi connectivity index (χ1) is 15.9. The molecule has 33 heavy (non-hydrogen) atoms. The highest BCUT2D eigenvalue weighted by molar-refractivity contribution is 5.98. The minimum absolute atomic E-state index is 0.240. The molecule has 0 heterocycles. The van der Waals surface area contributed by atoms with Crippen LogP contribution in [0.2, 0.25) is 0 Å². The van der Waals surface area contributed by atoms with Gasteiger partial charge in [0.05, 0.1) is 7.11 Å². The summed E-state index contributed by atoms with van der Waals surface area (Å²) >= 11 is 0. The zero-order valence-electron chi connectivity index (χ0n) is 18.5. The lowest BCUT2D eigenvalue weighted by Crippen LogP contribution is -2.43. The normalized spacial score (nSPS) is 11.2. The Morgan fingerprint density at radius 2 is 1.61 bits per heavy atom. The zero-order chi connectivity index (χ0) is 23.6. The van der Waals surface area contributed by atoms with Crippen LogP contribution < -0.4 is 15.4 Å². The molecule has 3 aromatic rings. The highest BCUT2D eigenvalue weighted by Crippen LogP contribution is 2.16. The number of esters is 1. The van der Waals surface area contributed by atoms with E-state index in [1.54, 1.807) is 24.3 Å². The lowest BCUT2D eigenvalue weighted by molar-refractivity contribution is -0.142. The second-order valence-electron chi connectivity index (χ2n) is 7.43. The summed E-state index contributed by atoms with van der Waals surface area (Å²) in [5.74, 6) is -0.529. The SMILES string of the molecule is COC(=O)[C@H](Cc1ccc(OCc2ccccc2)cc1)NC(=O)c1cccc(NC(C)=O)c1. The lowest BCUT2D eigenvalue weighted by atomic mass is 10.0. The van der Waals surface area contributed by atoms with Crippen LogP contribution in [0, 0.1) is 0 Å². The highest BCUT2D eigenvalue weighted by atomic mass is 16.5. The van der Waals surface area contributed by atoms with Gasteiger partial charge < -0.3 is 20.1 Å². The van der Waals surface area contributed by atoms with E-state index in [1.807, 2.05) is 54.6 Å². The molecule has 0 fully saturated rings. The van der Waals surface area contributed by atoms with E-state index in [9.17, 15) is 14.4 Å². The van der Waals surface area contributed by atoms with Crippen LogP contribution in [0.15, 0.2) is 78.9 Å². The average Bonchev–Trinajstić information content (AvgIpc) is 2.83. The maximum Gasteiger partial charge on any atom is 0.328 e. The molecule has 0 saturated heterocycles. The van der Waals surface area contributed by atoms with Crippen molar-refractivity contribution in [2.45, 2.75) is 26.0 Å². The second kappa shape index (κ2) is 11.5. The number of methoxy groups -OCH3 is 1. The van der Waals surface area contributed by atoms with Crippen molar-refractivity contribution >= 4 is 23.5 Å². The fraction of sp³-hybridized carbons (Fsp3) is 0.192. The summed E-state index contributed by atoms with van der Waals surface area (Å²) in [4.78, 5) is 36.3. The molecule has 0 aliphatic rings. The van der Waals surface area contributed by atoms with E-state index in [-0.39, 0.29) is 12.3 Å². The molecule has 3 aromatic carbocycles. The van der Waals surface area contributed by atoms with Gasteiger partial charge in [-0.05, 0) is 41.5 Å². The maximum absolute atomic E-state index is 12.7. The van der Waals surface area contributed by atoms with E-state index in [4.69, 9.17) is 9.47 Å². The van der Waals surface area contributed by atoms with Gasteiger partial charge >= 0.3 is 5.97 Å². The van der Waals surface area contributed by atoms with Gasteiger partial charge in [-0.3, -0.25) is 9.59 Å². The minimum atomic E-state index is -0.872. The molecule has 2 N–H and O–H groups in total. The van der Waals surface area contributed by atoms with E-state index >= 15 is 0 Å². The van der Waals surface area contributed by atoms with Crippen LogP contribution in [0.4, 0.5) is 5.69 Å². The van der Waals surface area contributed by atoms with Crippen molar-refractivity contribution in [2.75, 3.05) is 12.4 Å². The quantitative estimate of drug-likeness (QED) is 0.489. The first-order valence-electron chi connectivity index (χ1n) is 10.5. The molecule has 3 rings (SSSR count). The minimum Gasteiger partial charge on any atom is -0.489 e. The monoisotopic (exact) mass is 446 g/mol. The summed E-state index contributed by atoms with van der Waals surface area (Å²) in [7, 11) is 1.28. The number of carbonyl (C=O) groups is 3. The van der Waals surface area contributed by atoms with E-state index < -0.39 is 17.9 Å². The van der Waals surface area contributed by atoms with E-state index in [2.05, 4.69) is 10.6 Å². The topological polar surface area (TPSA) is 93.7 Å². The maximum atomic E-state index is 12.7. The second-order valence-corrected chi connectivity index (χ2v) is 7.43. The third-order valence-corrected chi connectivity index (χ3v) is 4.85. The molecule has 7 heteroatoms. The Morgan fingerprint density at radius 3 is 2.27 bits per heavy atom. The van der Waals surface area contributed by atoms with Crippen LogP contribution in [0.5, 0.6) is 5.75 Å². The Labute approximate surface area is 192 Å². The molecule has 170 valence electrons. The first-order valence-corrected chi connectivity index (χ1v) is 10.5. The average molecular weight is 447 g/mol. The number of hydrogen-bond acceptors (Lipinski definition) is 5. The smallest absolute Gasteiger partial charge is 0.328 e. The molecule has 1 atom stereocenters. The Bertz CT molecular complexity index is 1100. The summed E-state index contributed by atoms with van der Waals surface area (Å²) in [5, 5.41) is 5.35. The Morgan fingerprint density at radius 1 is 0.879 bits per heavy atom. The molecule has 0 aliphatic carbocycles. The number of rotatable bonds is 9. The largest absolute Gasteiger partial charge is 0.489 e. The predicted octanol–water partition coefficient (Wildman–Crippen LogP) is 3.74. The van der Waals surface area contributed by atoms with Crippen molar-refractivity contribution in [1.29, 1.82) is 0 Å². The fourth-order valence-corrected chi connectivity index (χ4v) is 3.22. The molecular weight excluding hydrogens is 420 g/mol. The van der Waals surface area contributed by atoms with Gasteiger partial charge in [0.15, 0.2) is 0 Å². The van der Waals surface area contributed by atoms with Gasteiger partial charge in [0.1, 0.15) is 18.4 Å². The predicted molar refractivity (Wildman–Crippen MR) is 125 cm³/mol. The summed E-state index contributed by atoms with van der Waals surface area (Å²) in [6.45, 7) is 1.84. The van der Waals surface area contributed by atoms with Gasteiger partial charge in [0.25, 0.3) is 5.91 Å². The molecule has 0 aliphatic heterocycles. The third-order valence-electron chi connectivity index (χ3n) is 4.85. The zero-order valence-corrected chi connectivity index (χ0v) is 18.5. The third kappa shape index (κ3) is 7.21. The van der Waals surface area contributed by atoms with Gasteiger partial charge in [-0.25, -0.2) is 4.79 Å². The molecule has 0 unspecified atom stereocenters. The number of hydrogen-bond donors (Lipinski definition) is 2. The molecule has 7 nitrogen and oxygen atoms in total. The van der Waals surface area contributed by atoms with Gasteiger partial charge in [-0.15, -0.1) is 0 Å². The highest BCUT2D eigenvalue weighted by Gasteiger charge is 2.23. The van der Waals surface area contributed by atoms with Gasteiger partial charge in [0, 0.05) is 24.6 Å². The number of carbonyl (C=O) groups excluding carboxylic acids is 3. The van der Waals surface area contributed by atoms with Gasteiger partial charge in [-0.1, -0.05) is 48.5 Å². The Hall–Kier alpha value is -4.13. The van der Waals surface area contributed by atoms with Gasteiger partial charge in [0.2, 0.25) is 5.91 Å². The van der Waals surface area contributed by atoms with Crippen molar-refractivity contribution in [3.8, 4) is 5.75 Å². The number of anilines is 1.